The van der Waals surface area contributed by atoms with Crippen LogP contribution in [0.25, 0.3) is 0 Å². The third-order valence-corrected chi connectivity index (χ3v) is 7.91. The summed E-state index contributed by atoms with van der Waals surface area (Å²) in [4.78, 5) is 27.6. The summed E-state index contributed by atoms with van der Waals surface area (Å²) in [5.41, 5.74) is 1.08. The highest BCUT2D eigenvalue weighted by Crippen LogP contribution is 2.26. The third-order valence-electron chi connectivity index (χ3n) is 5.63. The number of likely N-dealkylation sites (N-methyl/N-ethyl adjacent to an activating group) is 1. The Kier molecular flexibility index (Phi) is 9.11. The molecule has 0 fully saturated rings. The number of nitrogens with zero attached hydrogens (tertiary/aromatic N) is 2. The Labute approximate surface area is 220 Å². The number of ether oxygens (including phenoxy) is 1. The fraction of sp³-hybridized carbons (Fsp3) is 0.231. The van der Waals surface area contributed by atoms with Crippen LogP contribution in [0.2, 0.25) is 0 Å². The van der Waals surface area contributed by atoms with E-state index in [1.54, 1.807) is 49.4 Å². The molecule has 3 aromatic carbocycles. The molecule has 8 nitrogen and oxygen atoms in total. The first-order chi connectivity index (χ1) is 17.2. The lowest BCUT2D eigenvalue weighted by Gasteiger charge is -2.31. The number of hydrogen-bond donors (Lipinski definition) is 1. The van der Waals surface area contributed by atoms with Gasteiger partial charge in [0.25, 0.3) is 10.0 Å². The number of halogens is 1. The smallest absolute Gasteiger partial charge is 0.264 e. The van der Waals surface area contributed by atoms with E-state index in [9.17, 15) is 18.0 Å². The van der Waals surface area contributed by atoms with Crippen molar-refractivity contribution in [3.63, 3.8) is 0 Å². The summed E-state index contributed by atoms with van der Waals surface area (Å²) >= 11 is 3.42. The number of carbonyl (C=O) groups is 2. The highest BCUT2D eigenvalue weighted by Gasteiger charge is 2.32. The van der Waals surface area contributed by atoms with E-state index in [0.717, 1.165) is 14.3 Å². The molecular weight excluding hydrogens is 546 g/mol. The number of anilines is 1. The quantitative estimate of drug-likeness (QED) is 0.398. The maximum atomic E-state index is 13.7. The predicted octanol–water partition coefficient (Wildman–Crippen LogP) is 3.82. The third kappa shape index (κ3) is 6.44. The van der Waals surface area contributed by atoms with E-state index in [0.29, 0.717) is 11.4 Å². The molecule has 0 aliphatic carbocycles. The molecule has 2 amide bonds. The fourth-order valence-electron chi connectivity index (χ4n) is 3.62. The Hall–Kier alpha value is -3.37. The van der Waals surface area contributed by atoms with Gasteiger partial charge in [-0.25, -0.2) is 8.42 Å². The number of nitrogens with one attached hydrogen (secondary N) is 1. The molecule has 0 saturated carbocycles. The van der Waals surface area contributed by atoms with Crippen molar-refractivity contribution in [1.82, 2.24) is 10.2 Å². The van der Waals surface area contributed by atoms with Crippen LogP contribution in [0, 0.1) is 0 Å². The van der Waals surface area contributed by atoms with Crippen LogP contribution in [-0.2, 0) is 26.2 Å². The Morgan fingerprint density at radius 1 is 1.00 bits per heavy atom. The molecule has 0 aromatic heterocycles. The topological polar surface area (TPSA) is 96.0 Å². The van der Waals surface area contributed by atoms with Crippen LogP contribution in [-0.4, -0.2) is 51.9 Å². The van der Waals surface area contributed by atoms with Gasteiger partial charge >= 0.3 is 0 Å². The maximum absolute atomic E-state index is 13.7. The zero-order valence-electron chi connectivity index (χ0n) is 20.2. The SMILES string of the molecule is CNC(=O)C(C)N(Cc1cccc(Br)c1)C(=O)CN(c1ccc(OC)cc1)S(=O)(=O)c1ccccc1. The van der Waals surface area contributed by atoms with Crippen molar-refractivity contribution < 1.29 is 22.7 Å². The van der Waals surface area contributed by atoms with Crippen LogP contribution >= 0.6 is 15.9 Å². The molecule has 0 aliphatic heterocycles. The van der Waals surface area contributed by atoms with E-state index in [4.69, 9.17) is 4.74 Å². The molecule has 190 valence electrons. The number of rotatable bonds is 10. The number of carbonyl (C=O) groups excluding carboxylic acids is 2. The highest BCUT2D eigenvalue weighted by molar-refractivity contribution is 9.10. The largest absolute Gasteiger partial charge is 0.497 e. The van der Waals surface area contributed by atoms with Crippen LogP contribution in [0.3, 0.4) is 0 Å². The van der Waals surface area contributed by atoms with Gasteiger partial charge in [-0.15, -0.1) is 0 Å². The van der Waals surface area contributed by atoms with Crippen molar-refractivity contribution in [3.05, 3.63) is 88.9 Å². The molecule has 10 heteroatoms. The van der Waals surface area contributed by atoms with Crippen molar-refractivity contribution >= 4 is 43.5 Å². The van der Waals surface area contributed by atoms with Gasteiger partial charge in [-0.2, -0.15) is 0 Å². The van der Waals surface area contributed by atoms with Gasteiger partial charge in [-0.1, -0.05) is 46.3 Å². The van der Waals surface area contributed by atoms with E-state index in [2.05, 4.69) is 21.2 Å². The van der Waals surface area contributed by atoms with Crippen molar-refractivity contribution in [2.45, 2.75) is 24.4 Å². The van der Waals surface area contributed by atoms with Gasteiger partial charge in [0.15, 0.2) is 0 Å². The van der Waals surface area contributed by atoms with Gasteiger partial charge in [-0.3, -0.25) is 13.9 Å². The Morgan fingerprint density at radius 3 is 2.25 bits per heavy atom. The Balaban J connectivity index is 2.02. The van der Waals surface area contributed by atoms with E-state index >= 15 is 0 Å². The minimum absolute atomic E-state index is 0.0477. The molecule has 1 unspecified atom stereocenters. The second-order valence-electron chi connectivity index (χ2n) is 7.96. The molecule has 0 heterocycles. The van der Waals surface area contributed by atoms with E-state index < -0.39 is 28.5 Å². The average molecular weight is 574 g/mol. The van der Waals surface area contributed by atoms with Gasteiger partial charge < -0.3 is 15.0 Å². The lowest BCUT2D eigenvalue weighted by Crippen LogP contribution is -2.50. The minimum Gasteiger partial charge on any atom is -0.497 e. The van der Waals surface area contributed by atoms with Crippen LogP contribution in [0.5, 0.6) is 5.75 Å². The summed E-state index contributed by atoms with van der Waals surface area (Å²) in [6.07, 6.45) is 0. The highest BCUT2D eigenvalue weighted by atomic mass is 79.9. The van der Waals surface area contributed by atoms with Crippen LogP contribution in [0.4, 0.5) is 5.69 Å². The molecule has 0 radical (unpaired) electrons. The van der Waals surface area contributed by atoms with Crippen LogP contribution in [0.15, 0.2) is 88.2 Å². The standard InChI is InChI=1S/C26H28BrN3O5S/c1-19(26(32)28-2)29(17-20-8-7-9-21(27)16-20)25(31)18-30(22-12-14-23(35-3)15-13-22)36(33,34)24-10-5-4-6-11-24/h4-16,19H,17-18H2,1-3H3,(H,28,32). The molecule has 1 N–H and O–H groups in total. The van der Waals surface area contributed by atoms with Crippen molar-refractivity contribution in [2.75, 3.05) is 25.0 Å². The second kappa shape index (κ2) is 12.0. The van der Waals surface area contributed by atoms with Crippen molar-refractivity contribution in [1.29, 1.82) is 0 Å². The summed E-state index contributed by atoms with van der Waals surface area (Å²) in [6, 6.07) is 20.8. The first kappa shape index (κ1) is 27.2. The molecule has 3 aromatic rings. The van der Waals surface area contributed by atoms with Crippen molar-refractivity contribution in [2.24, 2.45) is 0 Å². The predicted molar refractivity (Wildman–Crippen MR) is 142 cm³/mol. The van der Waals surface area contributed by atoms with Gasteiger partial charge in [0.05, 0.1) is 17.7 Å². The van der Waals surface area contributed by atoms with E-state index in [1.165, 1.54) is 31.2 Å². The number of sulfonamides is 1. The maximum Gasteiger partial charge on any atom is 0.264 e. The minimum atomic E-state index is -4.10. The molecule has 3 rings (SSSR count). The van der Waals surface area contributed by atoms with Crippen molar-refractivity contribution in [3.8, 4) is 5.75 Å². The second-order valence-corrected chi connectivity index (χ2v) is 10.7. The van der Waals surface area contributed by atoms with Gasteiger partial charge in [0, 0.05) is 18.1 Å². The first-order valence-corrected chi connectivity index (χ1v) is 13.4. The van der Waals surface area contributed by atoms with E-state index in [1.807, 2.05) is 24.3 Å². The molecule has 0 saturated heterocycles. The average Bonchev–Trinajstić information content (AvgIpc) is 2.90. The summed E-state index contributed by atoms with van der Waals surface area (Å²) in [5, 5.41) is 2.56. The zero-order valence-corrected chi connectivity index (χ0v) is 22.6. The number of methoxy groups -OCH3 is 1. The normalized spacial score (nSPS) is 11.9. The summed E-state index contributed by atoms with van der Waals surface area (Å²) in [7, 11) is -1.10. The zero-order chi connectivity index (χ0) is 26.3. The molecule has 0 aliphatic rings. The lowest BCUT2D eigenvalue weighted by atomic mass is 10.1. The van der Waals surface area contributed by atoms with E-state index in [-0.39, 0.29) is 17.3 Å². The molecule has 0 spiro atoms. The Morgan fingerprint density at radius 2 is 1.67 bits per heavy atom. The van der Waals surface area contributed by atoms with Crippen LogP contribution in [0.1, 0.15) is 12.5 Å². The summed E-state index contributed by atoms with van der Waals surface area (Å²) < 4.78 is 34.4. The van der Waals surface area contributed by atoms with Gasteiger partial charge in [0.1, 0.15) is 18.3 Å². The van der Waals surface area contributed by atoms with Gasteiger partial charge in [-0.05, 0) is 61.0 Å². The van der Waals surface area contributed by atoms with Crippen LogP contribution < -0.4 is 14.4 Å². The first-order valence-electron chi connectivity index (χ1n) is 11.1. The Bertz CT molecular complexity index is 1300. The van der Waals surface area contributed by atoms with Gasteiger partial charge in [0.2, 0.25) is 11.8 Å². The monoisotopic (exact) mass is 573 g/mol. The molecule has 1 atom stereocenters. The molecule has 0 bridgehead atoms. The molecular formula is C26H28BrN3O5S. The lowest BCUT2D eigenvalue weighted by molar-refractivity contribution is -0.139. The summed E-state index contributed by atoms with van der Waals surface area (Å²) in [6.45, 7) is 1.23. The number of hydrogen-bond acceptors (Lipinski definition) is 5. The fourth-order valence-corrected chi connectivity index (χ4v) is 5.50. The summed E-state index contributed by atoms with van der Waals surface area (Å²) in [5.74, 6) is -0.340. The number of benzene rings is 3. The molecule has 36 heavy (non-hydrogen) atoms. The number of amides is 2.